The van der Waals surface area contributed by atoms with Crippen molar-refractivity contribution in [1.82, 2.24) is 10.2 Å². The molecule has 0 spiro atoms. The molecule has 190 valence electrons. The maximum absolute atomic E-state index is 13.7. The van der Waals surface area contributed by atoms with E-state index in [0.717, 1.165) is 32.1 Å². The molecule has 0 unspecified atom stereocenters. The van der Waals surface area contributed by atoms with Gasteiger partial charge in [-0.05, 0) is 55.9 Å². The van der Waals surface area contributed by atoms with Gasteiger partial charge in [0.2, 0.25) is 15.9 Å². The summed E-state index contributed by atoms with van der Waals surface area (Å²) in [6, 6.07) is 5.23. The van der Waals surface area contributed by atoms with Gasteiger partial charge in [-0.3, -0.25) is 18.7 Å². The quantitative estimate of drug-likeness (QED) is 0.655. The number of nitrogens with one attached hydrogen (secondary N) is 1. The van der Waals surface area contributed by atoms with E-state index in [-0.39, 0.29) is 47.9 Å². The molecule has 10 heteroatoms. The molecule has 2 amide bonds. The van der Waals surface area contributed by atoms with Crippen molar-refractivity contribution < 1.29 is 27.5 Å². The van der Waals surface area contributed by atoms with Crippen LogP contribution in [0.3, 0.4) is 0 Å². The highest BCUT2D eigenvalue weighted by molar-refractivity contribution is 7.92. The van der Waals surface area contributed by atoms with E-state index in [4.69, 9.17) is 4.74 Å². The molecule has 9 nitrogen and oxygen atoms in total. The number of rotatable bonds is 5. The van der Waals surface area contributed by atoms with Crippen LogP contribution in [0.2, 0.25) is 0 Å². The number of hydrogen-bond acceptors (Lipinski definition) is 6. The maximum Gasteiger partial charge on any atom is 0.251 e. The molecule has 4 atom stereocenters. The van der Waals surface area contributed by atoms with Crippen LogP contribution in [0.5, 0.6) is 0 Å². The van der Waals surface area contributed by atoms with Crippen LogP contribution in [0.4, 0.5) is 5.69 Å². The van der Waals surface area contributed by atoms with Crippen molar-refractivity contribution in [2.75, 3.05) is 29.8 Å². The molecule has 0 bridgehead atoms. The molecular formula is C25H33N3O6S. The summed E-state index contributed by atoms with van der Waals surface area (Å²) in [5, 5.41) is 2.96. The molecule has 3 aliphatic heterocycles. The van der Waals surface area contributed by atoms with Crippen molar-refractivity contribution in [1.29, 1.82) is 0 Å². The van der Waals surface area contributed by atoms with Gasteiger partial charge in [0.1, 0.15) is 18.7 Å². The average molecular weight is 504 g/mol. The van der Waals surface area contributed by atoms with Gasteiger partial charge in [-0.2, -0.15) is 0 Å². The lowest BCUT2D eigenvalue weighted by molar-refractivity contribution is -0.139. The van der Waals surface area contributed by atoms with E-state index < -0.39 is 22.1 Å². The average Bonchev–Trinajstić information content (AvgIpc) is 3.57. The minimum Gasteiger partial charge on any atom is -0.367 e. The molecule has 0 radical (unpaired) electrons. The highest BCUT2D eigenvalue weighted by atomic mass is 32.2. The number of likely N-dealkylation sites (tertiary alicyclic amines) is 1. The SMILES string of the molecule is C[C@H]1CN(C(=O)[C@@H](NC(=O)c2ccc(N3CCCCS3(=O)=O)cc2)C2CCCC2)[C@@H]2C(=O)CO[C@@H]21. The second-order valence-electron chi connectivity index (χ2n) is 10.3. The van der Waals surface area contributed by atoms with E-state index in [9.17, 15) is 22.8 Å². The molecule has 1 N–H and O–H groups in total. The molecular weight excluding hydrogens is 470 g/mol. The Kier molecular flexibility index (Phi) is 6.61. The van der Waals surface area contributed by atoms with Crippen molar-refractivity contribution in [3.05, 3.63) is 29.8 Å². The Bertz CT molecular complexity index is 1100. The number of fused-ring (bicyclic) bond motifs is 1. The van der Waals surface area contributed by atoms with Crippen LogP contribution in [0.25, 0.3) is 0 Å². The predicted octanol–water partition coefficient (Wildman–Crippen LogP) is 1.72. The second-order valence-corrected chi connectivity index (χ2v) is 12.3. The van der Waals surface area contributed by atoms with Gasteiger partial charge in [0.05, 0.1) is 17.5 Å². The first-order valence-electron chi connectivity index (χ1n) is 12.6. The van der Waals surface area contributed by atoms with E-state index in [2.05, 4.69) is 5.32 Å². The van der Waals surface area contributed by atoms with E-state index >= 15 is 0 Å². The predicted molar refractivity (Wildman–Crippen MR) is 129 cm³/mol. The molecule has 35 heavy (non-hydrogen) atoms. The number of sulfonamides is 1. The molecule has 1 saturated carbocycles. The number of ketones is 1. The third-order valence-electron chi connectivity index (χ3n) is 7.91. The minimum atomic E-state index is -3.33. The van der Waals surface area contributed by atoms with Crippen LogP contribution in [0.1, 0.15) is 55.8 Å². The summed E-state index contributed by atoms with van der Waals surface area (Å²) in [7, 11) is -3.33. The summed E-state index contributed by atoms with van der Waals surface area (Å²) in [6.07, 6.45) is 4.91. The number of nitrogens with zero attached hydrogens (tertiary/aromatic N) is 2. The van der Waals surface area contributed by atoms with Crippen LogP contribution >= 0.6 is 0 Å². The second kappa shape index (κ2) is 9.54. The summed E-state index contributed by atoms with van der Waals surface area (Å²) in [4.78, 5) is 41.0. The fourth-order valence-electron chi connectivity index (χ4n) is 6.05. The Morgan fingerprint density at radius 2 is 1.80 bits per heavy atom. The van der Waals surface area contributed by atoms with E-state index in [1.165, 1.54) is 4.31 Å². The number of anilines is 1. The standard InChI is InChI=1S/C25H33N3O6S/c1-16-14-27(22-20(29)15-34-23(16)22)25(31)21(17-6-2-3-7-17)26-24(30)18-8-10-19(11-9-18)28-12-4-5-13-35(28,32)33/h8-11,16-17,21-23H,2-7,12-15H2,1H3,(H,26,30)/t16-,21-,22+,23+/m0/s1. The molecule has 4 fully saturated rings. The van der Waals surface area contributed by atoms with Gasteiger partial charge in [0, 0.05) is 24.6 Å². The van der Waals surface area contributed by atoms with Gasteiger partial charge >= 0.3 is 0 Å². The Hall–Kier alpha value is -2.46. The summed E-state index contributed by atoms with van der Waals surface area (Å²) in [5.74, 6) is -0.441. The number of hydrogen-bond donors (Lipinski definition) is 1. The number of ether oxygens (including phenoxy) is 1. The lowest BCUT2D eigenvalue weighted by atomic mass is 9.95. The van der Waals surface area contributed by atoms with Crippen molar-refractivity contribution >= 4 is 33.3 Å². The molecule has 1 aromatic rings. The Morgan fingerprint density at radius 3 is 2.49 bits per heavy atom. The van der Waals surface area contributed by atoms with Crippen molar-refractivity contribution in [2.24, 2.45) is 11.8 Å². The largest absolute Gasteiger partial charge is 0.367 e. The van der Waals surface area contributed by atoms with Gasteiger partial charge in [-0.25, -0.2) is 8.42 Å². The summed E-state index contributed by atoms with van der Waals surface area (Å²) < 4.78 is 31.8. The van der Waals surface area contributed by atoms with Crippen LogP contribution in [-0.2, 0) is 24.3 Å². The van der Waals surface area contributed by atoms with Crippen molar-refractivity contribution in [3.63, 3.8) is 0 Å². The van der Waals surface area contributed by atoms with Crippen LogP contribution in [0, 0.1) is 11.8 Å². The van der Waals surface area contributed by atoms with Gasteiger partial charge in [0.15, 0.2) is 5.78 Å². The number of Topliss-reactive ketones (excluding diaryl/α,β-unsaturated/α-hetero) is 1. The third kappa shape index (κ3) is 4.58. The van der Waals surface area contributed by atoms with Gasteiger partial charge in [-0.1, -0.05) is 19.8 Å². The van der Waals surface area contributed by atoms with Crippen LogP contribution < -0.4 is 9.62 Å². The third-order valence-corrected chi connectivity index (χ3v) is 9.78. The molecule has 1 aliphatic carbocycles. The van der Waals surface area contributed by atoms with Crippen molar-refractivity contribution in [2.45, 2.75) is 63.6 Å². The molecule has 3 heterocycles. The molecule has 5 rings (SSSR count). The normalized spacial score (nSPS) is 29.3. The molecule has 0 aromatic heterocycles. The number of carbonyl (C=O) groups excluding carboxylic acids is 3. The van der Waals surface area contributed by atoms with Crippen molar-refractivity contribution in [3.8, 4) is 0 Å². The Morgan fingerprint density at radius 1 is 1.09 bits per heavy atom. The maximum atomic E-state index is 13.7. The first-order chi connectivity index (χ1) is 16.8. The van der Waals surface area contributed by atoms with Crippen LogP contribution in [0.15, 0.2) is 24.3 Å². The molecule has 3 saturated heterocycles. The number of amides is 2. The Balaban J connectivity index is 1.33. The monoisotopic (exact) mass is 503 g/mol. The zero-order chi connectivity index (χ0) is 24.7. The van der Waals surface area contributed by atoms with Gasteiger partial charge in [-0.15, -0.1) is 0 Å². The summed E-state index contributed by atoms with van der Waals surface area (Å²) in [6.45, 7) is 2.89. The fraction of sp³-hybridized carbons (Fsp3) is 0.640. The number of carbonyl (C=O) groups is 3. The van der Waals surface area contributed by atoms with E-state index in [1.54, 1.807) is 29.2 Å². The molecule has 4 aliphatic rings. The zero-order valence-electron chi connectivity index (χ0n) is 20.0. The first kappa shape index (κ1) is 24.2. The highest BCUT2D eigenvalue weighted by Gasteiger charge is 2.52. The van der Waals surface area contributed by atoms with E-state index in [0.29, 0.717) is 30.8 Å². The summed E-state index contributed by atoms with van der Waals surface area (Å²) in [5.41, 5.74) is 0.911. The summed E-state index contributed by atoms with van der Waals surface area (Å²) >= 11 is 0. The minimum absolute atomic E-state index is 0.0241. The Labute approximate surface area is 206 Å². The lowest BCUT2D eigenvalue weighted by Gasteiger charge is -2.31. The fourth-order valence-corrected chi connectivity index (χ4v) is 7.69. The lowest BCUT2D eigenvalue weighted by Crippen LogP contribution is -2.54. The number of benzene rings is 1. The van der Waals surface area contributed by atoms with E-state index in [1.807, 2.05) is 6.92 Å². The van der Waals surface area contributed by atoms with Gasteiger partial charge in [0.25, 0.3) is 5.91 Å². The zero-order valence-corrected chi connectivity index (χ0v) is 20.8. The smallest absolute Gasteiger partial charge is 0.251 e. The van der Waals surface area contributed by atoms with Crippen LogP contribution in [-0.4, -0.2) is 74.6 Å². The first-order valence-corrected chi connectivity index (χ1v) is 14.2. The molecule has 1 aromatic carbocycles. The van der Waals surface area contributed by atoms with Gasteiger partial charge < -0.3 is 15.0 Å². The highest BCUT2D eigenvalue weighted by Crippen LogP contribution is 2.35. The topological polar surface area (TPSA) is 113 Å².